The van der Waals surface area contributed by atoms with E-state index in [4.69, 9.17) is 21.1 Å². The van der Waals surface area contributed by atoms with Crippen molar-refractivity contribution in [1.29, 1.82) is 0 Å². The molecule has 1 fully saturated rings. The van der Waals surface area contributed by atoms with E-state index in [1.54, 1.807) is 18.2 Å². The molecule has 1 aliphatic heterocycles. The van der Waals surface area contributed by atoms with E-state index in [0.717, 1.165) is 5.56 Å². The van der Waals surface area contributed by atoms with Gasteiger partial charge >= 0.3 is 0 Å². The molecule has 1 saturated heterocycles. The number of carbonyl (C=O) groups is 2. The topological polar surface area (TPSA) is 114 Å². The molecule has 3 rings (SSSR count). The summed E-state index contributed by atoms with van der Waals surface area (Å²) in [5.41, 5.74) is 5.79. The molecule has 2 aromatic rings. The average molecular weight is 496 g/mol. The van der Waals surface area contributed by atoms with Crippen LogP contribution in [0, 0.1) is 6.92 Å². The Balaban J connectivity index is 1.42. The standard InChI is InChI=1S/C22H26ClN3O6S/c1-16-15-18(23)6-9-20(16)32-12-2-3-21(27)24-25-22(28)17-4-7-19(8-5-17)33(29,30)26-10-13-31-14-11-26/h4-9,15H,2-3,10-14H2,1H3,(H,24,27)(H,25,28). The smallest absolute Gasteiger partial charge is 0.269 e. The van der Waals surface area contributed by atoms with E-state index >= 15 is 0 Å². The van der Waals surface area contributed by atoms with E-state index in [2.05, 4.69) is 10.9 Å². The number of amides is 2. The second-order valence-corrected chi connectivity index (χ2v) is 9.78. The first-order chi connectivity index (χ1) is 15.8. The summed E-state index contributed by atoms with van der Waals surface area (Å²) in [5, 5.41) is 0.628. The molecule has 11 heteroatoms. The van der Waals surface area contributed by atoms with Gasteiger partial charge in [0, 0.05) is 30.1 Å². The molecular formula is C22H26ClN3O6S. The number of sulfonamides is 1. The second-order valence-electron chi connectivity index (χ2n) is 7.40. The molecule has 9 nitrogen and oxygen atoms in total. The lowest BCUT2D eigenvalue weighted by atomic mass is 10.2. The fourth-order valence-electron chi connectivity index (χ4n) is 3.17. The van der Waals surface area contributed by atoms with Gasteiger partial charge in [-0.05, 0) is 61.4 Å². The van der Waals surface area contributed by atoms with Crippen molar-refractivity contribution in [2.45, 2.75) is 24.7 Å². The number of aryl methyl sites for hydroxylation is 1. The minimum atomic E-state index is -3.63. The highest BCUT2D eigenvalue weighted by atomic mass is 35.5. The molecule has 1 heterocycles. The number of hydrogen-bond donors (Lipinski definition) is 2. The highest BCUT2D eigenvalue weighted by Gasteiger charge is 2.26. The van der Waals surface area contributed by atoms with Crippen molar-refractivity contribution in [3.05, 3.63) is 58.6 Å². The number of benzene rings is 2. The van der Waals surface area contributed by atoms with Crippen LogP contribution >= 0.6 is 11.6 Å². The number of hydrazine groups is 1. The predicted molar refractivity (Wildman–Crippen MR) is 123 cm³/mol. The number of nitrogens with one attached hydrogen (secondary N) is 2. The van der Waals surface area contributed by atoms with E-state index in [9.17, 15) is 18.0 Å². The van der Waals surface area contributed by atoms with Crippen LogP contribution in [0.2, 0.25) is 5.02 Å². The van der Waals surface area contributed by atoms with Gasteiger partial charge in [0.25, 0.3) is 5.91 Å². The van der Waals surface area contributed by atoms with Gasteiger partial charge in [0.05, 0.1) is 24.7 Å². The Morgan fingerprint density at radius 2 is 1.79 bits per heavy atom. The lowest BCUT2D eigenvalue weighted by Gasteiger charge is -2.26. The van der Waals surface area contributed by atoms with E-state index in [1.807, 2.05) is 6.92 Å². The highest BCUT2D eigenvalue weighted by molar-refractivity contribution is 7.89. The van der Waals surface area contributed by atoms with Crippen LogP contribution in [0.4, 0.5) is 0 Å². The fraction of sp³-hybridized carbons (Fsp3) is 0.364. The third kappa shape index (κ3) is 6.91. The van der Waals surface area contributed by atoms with Crippen molar-refractivity contribution in [3.8, 4) is 5.75 Å². The highest BCUT2D eigenvalue weighted by Crippen LogP contribution is 2.22. The second kappa shape index (κ2) is 11.5. The van der Waals surface area contributed by atoms with Crippen LogP contribution in [0.15, 0.2) is 47.4 Å². The normalized spacial score (nSPS) is 14.5. The van der Waals surface area contributed by atoms with Crippen LogP contribution in [-0.4, -0.2) is 57.4 Å². The summed E-state index contributed by atoms with van der Waals surface area (Å²) in [7, 11) is -3.63. The Labute approximate surface area is 198 Å². The Hall–Kier alpha value is -2.66. The number of halogens is 1. The molecule has 2 amide bonds. The quantitative estimate of drug-likeness (QED) is 0.429. The van der Waals surface area contributed by atoms with Gasteiger partial charge in [0.2, 0.25) is 15.9 Å². The first-order valence-electron chi connectivity index (χ1n) is 10.4. The summed E-state index contributed by atoms with van der Waals surface area (Å²) in [6.07, 6.45) is 0.613. The zero-order valence-electron chi connectivity index (χ0n) is 18.2. The fourth-order valence-corrected chi connectivity index (χ4v) is 4.80. The molecule has 2 N–H and O–H groups in total. The Morgan fingerprint density at radius 3 is 2.45 bits per heavy atom. The molecule has 0 spiro atoms. The lowest BCUT2D eigenvalue weighted by molar-refractivity contribution is -0.122. The summed E-state index contributed by atoms with van der Waals surface area (Å²) in [4.78, 5) is 24.3. The largest absolute Gasteiger partial charge is 0.493 e. The molecule has 0 bridgehead atoms. The Kier molecular flexibility index (Phi) is 8.67. The van der Waals surface area contributed by atoms with Crippen LogP contribution < -0.4 is 15.6 Å². The maximum absolute atomic E-state index is 12.6. The van der Waals surface area contributed by atoms with Gasteiger partial charge < -0.3 is 9.47 Å². The van der Waals surface area contributed by atoms with Crippen molar-refractivity contribution in [3.63, 3.8) is 0 Å². The minimum Gasteiger partial charge on any atom is -0.493 e. The number of hydrogen-bond acceptors (Lipinski definition) is 6. The number of morpholine rings is 1. The molecule has 0 unspecified atom stereocenters. The van der Waals surface area contributed by atoms with E-state index < -0.39 is 15.9 Å². The molecule has 33 heavy (non-hydrogen) atoms. The summed E-state index contributed by atoms with van der Waals surface area (Å²) in [6.45, 7) is 3.51. The number of rotatable bonds is 8. The lowest BCUT2D eigenvalue weighted by Crippen LogP contribution is -2.41. The Bertz CT molecular complexity index is 1090. The third-order valence-electron chi connectivity index (χ3n) is 4.98. The van der Waals surface area contributed by atoms with Crippen LogP contribution in [0.1, 0.15) is 28.8 Å². The molecule has 0 radical (unpaired) electrons. The van der Waals surface area contributed by atoms with Crippen molar-refractivity contribution < 1.29 is 27.5 Å². The number of carbonyl (C=O) groups excluding carboxylic acids is 2. The molecule has 0 atom stereocenters. The molecule has 0 aromatic heterocycles. The van der Waals surface area contributed by atoms with Gasteiger partial charge in [-0.1, -0.05) is 11.6 Å². The van der Waals surface area contributed by atoms with Gasteiger partial charge in [0.15, 0.2) is 0 Å². The zero-order chi connectivity index (χ0) is 23.8. The van der Waals surface area contributed by atoms with Gasteiger partial charge in [0.1, 0.15) is 5.75 Å². The first kappa shape index (κ1) is 25.0. The monoisotopic (exact) mass is 495 g/mol. The van der Waals surface area contributed by atoms with Gasteiger partial charge in [-0.25, -0.2) is 8.42 Å². The first-order valence-corrected chi connectivity index (χ1v) is 12.3. The zero-order valence-corrected chi connectivity index (χ0v) is 19.7. The Morgan fingerprint density at radius 1 is 1.09 bits per heavy atom. The predicted octanol–water partition coefficient (Wildman–Crippen LogP) is 2.29. The van der Waals surface area contributed by atoms with Gasteiger partial charge in [-0.15, -0.1) is 0 Å². The average Bonchev–Trinajstić information content (AvgIpc) is 2.82. The van der Waals surface area contributed by atoms with Gasteiger partial charge in [-0.3, -0.25) is 20.4 Å². The van der Waals surface area contributed by atoms with Crippen LogP contribution in [0.3, 0.4) is 0 Å². The van der Waals surface area contributed by atoms with Crippen molar-refractivity contribution >= 4 is 33.4 Å². The van der Waals surface area contributed by atoms with Crippen LogP contribution in [0.25, 0.3) is 0 Å². The summed E-state index contributed by atoms with van der Waals surface area (Å²) < 4.78 is 37.4. The molecule has 1 aliphatic rings. The van der Waals surface area contributed by atoms with Crippen LogP contribution in [0.5, 0.6) is 5.75 Å². The number of ether oxygens (including phenoxy) is 2. The maximum atomic E-state index is 12.6. The summed E-state index contributed by atoms with van der Waals surface area (Å²) in [6, 6.07) is 10.8. The van der Waals surface area contributed by atoms with Gasteiger partial charge in [-0.2, -0.15) is 4.31 Å². The van der Waals surface area contributed by atoms with Crippen molar-refractivity contribution in [2.75, 3.05) is 32.9 Å². The molecule has 178 valence electrons. The molecule has 2 aromatic carbocycles. The van der Waals surface area contributed by atoms with E-state index in [1.165, 1.54) is 28.6 Å². The molecular weight excluding hydrogens is 470 g/mol. The molecule has 0 aliphatic carbocycles. The van der Waals surface area contributed by atoms with Crippen molar-refractivity contribution in [1.82, 2.24) is 15.2 Å². The number of nitrogens with zero attached hydrogens (tertiary/aromatic N) is 1. The van der Waals surface area contributed by atoms with E-state index in [0.29, 0.717) is 50.1 Å². The van der Waals surface area contributed by atoms with E-state index in [-0.39, 0.29) is 22.8 Å². The summed E-state index contributed by atoms with van der Waals surface area (Å²) in [5.74, 6) is -0.217. The molecule has 0 saturated carbocycles. The summed E-state index contributed by atoms with van der Waals surface area (Å²) >= 11 is 5.91. The van der Waals surface area contributed by atoms with Crippen LogP contribution in [-0.2, 0) is 19.6 Å². The van der Waals surface area contributed by atoms with Crippen molar-refractivity contribution in [2.24, 2.45) is 0 Å². The maximum Gasteiger partial charge on any atom is 0.269 e. The third-order valence-corrected chi connectivity index (χ3v) is 7.13. The SMILES string of the molecule is Cc1cc(Cl)ccc1OCCCC(=O)NNC(=O)c1ccc(S(=O)(=O)N2CCOCC2)cc1. The minimum absolute atomic E-state index is 0.0981.